The number of nitrogens with one attached hydrogen (secondary N) is 1. The van der Waals surface area contributed by atoms with Gasteiger partial charge in [0.05, 0.1) is 29.8 Å². The van der Waals surface area contributed by atoms with Gasteiger partial charge in [-0.25, -0.2) is 14.1 Å². The van der Waals surface area contributed by atoms with Crippen molar-refractivity contribution in [3.8, 4) is 0 Å². The number of hydrogen-bond acceptors (Lipinski definition) is 6. The molecule has 32 heavy (non-hydrogen) atoms. The maximum atomic E-state index is 13.7. The average Bonchev–Trinajstić information content (AvgIpc) is 3.20. The molecule has 11 heteroatoms. The van der Waals surface area contributed by atoms with Crippen LogP contribution in [0.25, 0.3) is 11.0 Å². The highest BCUT2D eigenvalue weighted by Gasteiger charge is 2.13. The average molecular weight is 436 g/mol. The second kappa shape index (κ2) is 8.76. The molecular weight excluding hydrogens is 419 g/mol. The molecule has 0 aliphatic heterocycles. The van der Waals surface area contributed by atoms with Crippen molar-refractivity contribution in [2.75, 3.05) is 6.54 Å². The van der Waals surface area contributed by atoms with Gasteiger partial charge in [-0.3, -0.25) is 24.3 Å². The predicted molar refractivity (Wildman–Crippen MR) is 113 cm³/mol. The molecule has 0 spiro atoms. The van der Waals surface area contributed by atoms with Crippen molar-refractivity contribution in [3.05, 3.63) is 98.5 Å². The topological polar surface area (TPSA) is 125 Å². The van der Waals surface area contributed by atoms with E-state index in [2.05, 4.69) is 15.4 Å². The zero-order valence-electron chi connectivity index (χ0n) is 16.6. The molecule has 0 fully saturated rings. The van der Waals surface area contributed by atoms with E-state index in [1.54, 1.807) is 18.2 Å². The Morgan fingerprint density at radius 1 is 1.19 bits per heavy atom. The third kappa shape index (κ3) is 4.21. The molecule has 0 bridgehead atoms. The number of rotatable bonds is 7. The summed E-state index contributed by atoms with van der Waals surface area (Å²) in [6, 6.07) is 11.7. The molecule has 1 amide bonds. The SMILES string of the molecule is O=C(NCCn1ncc2c(=O)n(Cc3cccc([N+](=O)[O-])c3)cnc21)c1ccccc1F. The molecule has 0 saturated heterocycles. The van der Waals surface area contributed by atoms with E-state index in [9.17, 15) is 24.1 Å². The van der Waals surface area contributed by atoms with Crippen molar-refractivity contribution in [2.45, 2.75) is 13.1 Å². The number of carbonyl (C=O) groups excluding carboxylic acids is 1. The minimum atomic E-state index is -0.611. The van der Waals surface area contributed by atoms with Gasteiger partial charge >= 0.3 is 0 Å². The number of amides is 1. The molecule has 1 N–H and O–H groups in total. The van der Waals surface area contributed by atoms with Gasteiger partial charge < -0.3 is 5.32 Å². The van der Waals surface area contributed by atoms with E-state index >= 15 is 0 Å². The summed E-state index contributed by atoms with van der Waals surface area (Å²) < 4.78 is 16.5. The van der Waals surface area contributed by atoms with E-state index < -0.39 is 16.6 Å². The van der Waals surface area contributed by atoms with E-state index in [0.717, 1.165) is 0 Å². The van der Waals surface area contributed by atoms with Gasteiger partial charge in [0.1, 0.15) is 17.5 Å². The summed E-state index contributed by atoms with van der Waals surface area (Å²) in [5, 5.41) is 18.0. The molecule has 0 unspecified atom stereocenters. The molecule has 2 heterocycles. The van der Waals surface area contributed by atoms with Crippen LogP contribution in [-0.2, 0) is 13.1 Å². The monoisotopic (exact) mass is 436 g/mol. The second-order valence-electron chi connectivity index (χ2n) is 6.95. The summed E-state index contributed by atoms with van der Waals surface area (Å²) in [4.78, 5) is 39.6. The van der Waals surface area contributed by atoms with Gasteiger partial charge in [-0.1, -0.05) is 24.3 Å². The van der Waals surface area contributed by atoms with Crippen molar-refractivity contribution in [1.82, 2.24) is 24.6 Å². The first kappa shape index (κ1) is 20.8. The van der Waals surface area contributed by atoms with Crippen molar-refractivity contribution in [3.63, 3.8) is 0 Å². The molecule has 10 nitrogen and oxygen atoms in total. The highest BCUT2D eigenvalue weighted by Crippen LogP contribution is 2.14. The number of nitrogens with zero attached hydrogens (tertiary/aromatic N) is 5. The van der Waals surface area contributed by atoms with Crippen molar-refractivity contribution in [1.29, 1.82) is 0 Å². The van der Waals surface area contributed by atoms with E-state index in [1.165, 1.54) is 52.1 Å². The number of nitro benzene ring substituents is 1. The maximum Gasteiger partial charge on any atom is 0.269 e. The molecular formula is C21H17FN6O4. The minimum Gasteiger partial charge on any atom is -0.350 e. The lowest BCUT2D eigenvalue weighted by atomic mass is 10.2. The van der Waals surface area contributed by atoms with Gasteiger partial charge in [-0.15, -0.1) is 0 Å². The number of nitro groups is 1. The number of halogens is 1. The quantitative estimate of drug-likeness (QED) is 0.349. The lowest BCUT2D eigenvalue weighted by molar-refractivity contribution is -0.384. The van der Waals surface area contributed by atoms with Crippen LogP contribution in [0.15, 0.2) is 65.8 Å². The normalized spacial score (nSPS) is 10.9. The van der Waals surface area contributed by atoms with Gasteiger partial charge in [-0.2, -0.15) is 5.10 Å². The van der Waals surface area contributed by atoms with E-state index in [0.29, 0.717) is 11.2 Å². The highest BCUT2D eigenvalue weighted by molar-refractivity contribution is 5.94. The fourth-order valence-corrected chi connectivity index (χ4v) is 3.25. The first-order valence-electron chi connectivity index (χ1n) is 9.61. The molecule has 162 valence electrons. The van der Waals surface area contributed by atoms with Gasteiger partial charge in [-0.05, 0) is 17.7 Å². The first-order chi connectivity index (χ1) is 15.4. The second-order valence-corrected chi connectivity index (χ2v) is 6.95. The van der Waals surface area contributed by atoms with Crippen LogP contribution in [0.4, 0.5) is 10.1 Å². The van der Waals surface area contributed by atoms with Gasteiger partial charge in [0.25, 0.3) is 17.2 Å². The number of benzene rings is 2. The molecule has 0 atom stereocenters. The van der Waals surface area contributed by atoms with Crippen LogP contribution in [-0.4, -0.2) is 36.7 Å². The Morgan fingerprint density at radius 2 is 2.00 bits per heavy atom. The molecule has 4 rings (SSSR count). The lowest BCUT2D eigenvalue weighted by Crippen LogP contribution is -2.28. The Kier molecular flexibility index (Phi) is 5.71. The Bertz CT molecular complexity index is 1380. The van der Waals surface area contributed by atoms with E-state index in [-0.39, 0.29) is 41.8 Å². The molecule has 2 aromatic carbocycles. The molecule has 0 saturated carbocycles. The third-order valence-electron chi connectivity index (χ3n) is 4.82. The number of fused-ring (bicyclic) bond motifs is 1. The van der Waals surface area contributed by atoms with Crippen molar-refractivity contribution < 1.29 is 14.1 Å². The summed E-state index contributed by atoms with van der Waals surface area (Å²) >= 11 is 0. The van der Waals surface area contributed by atoms with E-state index in [4.69, 9.17) is 0 Å². The summed E-state index contributed by atoms with van der Waals surface area (Å²) in [6.45, 7) is 0.501. The minimum absolute atomic E-state index is 0.0556. The van der Waals surface area contributed by atoms with Crippen LogP contribution in [0.5, 0.6) is 0 Å². The summed E-state index contributed by atoms with van der Waals surface area (Å²) in [5.74, 6) is -1.16. The van der Waals surface area contributed by atoms with Gasteiger partial charge in [0, 0.05) is 18.7 Å². The molecule has 0 aliphatic carbocycles. The molecule has 0 radical (unpaired) electrons. The van der Waals surface area contributed by atoms with E-state index in [1.807, 2.05) is 0 Å². The fraction of sp³-hybridized carbons (Fsp3) is 0.143. The van der Waals surface area contributed by atoms with Crippen LogP contribution >= 0.6 is 0 Å². The van der Waals surface area contributed by atoms with Crippen LogP contribution in [0.3, 0.4) is 0 Å². The largest absolute Gasteiger partial charge is 0.350 e. The van der Waals surface area contributed by atoms with Crippen molar-refractivity contribution in [2.24, 2.45) is 0 Å². The predicted octanol–water partition coefficient (Wildman–Crippen LogP) is 2.12. The van der Waals surface area contributed by atoms with Crippen LogP contribution in [0.1, 0.15) is 15.9 Å². The Balaban J connectivity index is 1.48. The van der Waals surface area contributed by atoms with Crippen LogP contribution in [0, 0.1) is 15.9 Å². The highest BCUT2D eigenvalue weighted by atomic mass is 19.1. The molecule has 4 aromatic rings. The smallest absolute Gasteiger partial charge is 0.269 e. The van der Waals surface area contributed by atoms with Crippen LogP contribution in [0.2, 0.25) is 0 Å². The standard InChI is InChI=1S/C21H17FN6O4/c22-18-7-2-1-6-16(18)20(29)23-8-9-27-19-17(11-25-27)21(30)26(13-24-19)12-14-4-3-5-15(10-14)28(31)32/h1-7,10-11,13H,8-9,12H2,(H,23,29). The Hall–Kier alpha value is -4.41. The lowest BCUT2D eigenvalue weighted by Gasteiger charge is -2.08. The summed E-state index contributed by atoms with van der Waals surface area (Å²) in [7, 11) is 0. The van der Waals surface area contributed by atoms with Crippen LogP contribution < -0.4 is 10.9 Å². The number of non-ortho nitro benzene ring substituents is 1. The molecule has 0 aliphatic rings. The number of hydrogen-bond donors (Lipinski definition) is 1. The Morgan fingerprint density at radius 3 is 2.78 bits per heavy atom. The zero-order chi connectivity index (χ0) is 22.7. The number of carbonyl (C=O) groups is 1. The number of aromatic nitrogens is 4. The summed E-state index contributed by atoms with van der Waals surface area (Å²) in [5.41, 5.74) is 0.467. The molecule has 2 aromatic heterocycles. The zero-order valence-corrected chi connectivity index (χ0v) is 16.6. The fourth-order valence-electron chi connectivity index (χ4n) is 3.25. The maximum absolute atomic E-state index is 13.7. The third-order valence-corrected chi connectivity index (χ3v) is 4.82. The van der Waals surface area contributed by atoms with Gasteiger partial charge in [0.2, 0.25) is 0 Å². The van der Waals surface area contributed by atoms with Gasteiger partial charge in [0.15, 0.2) is 5.65 Å². The van der Waals surface area contributed by atoms with Crippen molar-refractivity contribution >= 4 is 22.6 Å². The Labute approximate surface area is 180 Å². The first-order valence-corrected chi connectivity index (χ1v) is 9.61. The summed E-state index contributed by atoms with van der Waals surface area (Å²) in [6.07, 6.45) is 2.73.